The van der Waals surface area contributed by atoms with Crippen LogP contribution in [0.4, 0.5) is 0 Å². The molecule has 0 unspecified atom stereocenters. The van der Waals surface area contributed by atoms with Crippen LogP contribution in [0, 0.1) is 0 Å². The molecule has 108 valence electrons. The van der Waals surface area contributed by atoms with Gasteiger partial charge in [0.2, 0.25) is 5.91 Å². The molecule has 19 heavy (non-hydrogen) atoms. The number of hydrogen-bond donors (Lipinski definition) is 1. The van der Waals surface area contributed by atoms with Crippen LogP contribution < -0.4 is 0 Å². The SMILES string of the molecule is CS[C@@H](C)C(=O)N(CCCO)S(=O)(=O)c1cccs1. The lowest BCUT2D eigenvalue weighted by atomic mass is 10.4. The van der Waals surface area contributed by atoms with E-state index in [2.05, 4.69) is 0 Å². The molecule has 0 saturated carbocycles. The number of aliphatic hydroxyl groups excluding tert-OH is 1. The van der Waals surface area contributed by atoms with Crippen molar-refractivity contribution in [1.29, 1.82) is 0 Å². The first-order chi connectivity index (χ1) is 8.95. The summed E-state index contributed by atoms with van der Waals surface area (Å²) in [6.45, 7) is 1.51. The van der Waals surface area contributed by atoms with Crippen molar-refractivity contribution in [2.24, 2.45) is 0 Å². The molecular formula is C11H17NO4S3. The number of sulfonamides is 1. The second-order valence-corrected chi connectivity index (χ2v) is 8.02. The van der Waals surface area contributed by atoms with Gasteiger partial charge in [0.05, 0.1) is 5.25 Å². The van der Waals surface area contributed by atoms with Crippen LogP contribution in [0.3, 0.4) is 0 Å². The maximum absolute atomic E-state index is 12.4. The van der Waals surface area contributed by atoms with E-state index >= 15 is 0 Å². The molecule has 1 rings (SSSR count). The van der Waals surface area contributed by atoms with Gasteiger partial charge in [0, 0.05) is 13.2 Å². The van der Waals surface area contributed by atoms with Gasteiger partial charge in [-0.3, -0.25) is 4.79 Å². The molecule has 0 bridgehead atoms. The molecule has 0 aliphatic carbocycles. The van der Waals surface area contributed by atoms with E-state index in [1.54, 1.807) is 24.6 Å². The Morgan fingerprint density at radius 3 is 2.74 bits per heavy atom. The number of rotatable bonds is 7. The van der Waals surface area contributed by atoms with Crippen molar-refractivity contribution >= 4 is 39.0 Å². The average Bonchev–Trinajstić information content (AvgIpc) is 2.92. The van der Waals surface area contributed by atoms with Crippen LogP contribution in [0.5, 0.6) is 0 Å². The first-order valence-corrected chi connectivity index (χ1v) is 9.29. The largest absolute Gasteiger partial charge is 0.396 e. The summed E-state index contributed by atoms with van der Waals surface area (Å²) in [5.41, 5.74) is 0. The minimum absolute atomic E-state index is 0.000463. The van der Waals surface area contributed by atoms with Crippen molar-refractivity contribution in [3.63, 3.8) is 0 Å². The number of thiophene rings is 1. The van der Waals surface area contributed by atoms with Crippen molar-refractivity contribution < 1.29 is 18.3 Å². The smallest absolute Gasteiger partial charge is 0.276 e. The summed E-state index contributed by atoms with van der Waals surface area (Å²) >= 11 is 2.37. The molecule has 0 saturated heterocycles. The van der Waals surface area contributed by atoms with Gasteiger partial charge >= 0.3 is 0 Å². The van der Waals surface area contributed by atoms with Gasteiger partial charge in [-0.1, -0.05) is 6.07 Å². The number of carbonyl (C=O) groups excluding carboxylic acids is 1. The Hall–Kier alpha value is -0.570. The lowest BCUT2D eigenvalue weighted by Gasteiger charge is -2.23. The van der Waals surface area contributed by atoms with Crippen molar-refractivity contribution in [1.82, 2.24) is 4.31 Å². The summed E-state index contributed by atoms with van der Waals surface area (Å²) in [5.74, 6) is -0.450. The second kappa shape index (κ2) is 7.28. The minimum Gasteiger partial charge on any atom is -0.396 e. The van der Waals surface area contributed by atoms with Gasteiger partial charge in [-0.15, -0.1) is 11.3 Å². The summed E-state index contributed by atoms with van der Waals surface area (Å²) in [6.07, 6.45) is 1.99. The van der Waals surface area contributed by atoms with Gasteiger partial charge in [-0.25, -0.2) is 12.7 Å². The number of carbonyl (C=O) groups is 1. The predicted octanol–water partition coefficient (Wildman–Crippen LogP) is 1.40. The molecule has 0 radical (unpaired) electrons. The standard InChI is InChI=1S/C11H17NO4S3/c1-9(17-2)11(14)12(6-4-7-13)19(15,16)10-5-3-8-18-10/h3,5,8-9,13H,4,6-7H2,1-2H3/t9-/m0/s1. The summed E-state index contributed by atoms with van der Waals surface area (Å²) in [5, 5.41) is 10.1. The number of aliphatic hydroxyl groups is 1. The highest BCUT2D eigenvalue weighted by atomic mass is 32.2. The average molecular weight is 323 g/mol. The predicted molar refractivity (Wildman–Crippen MR) is 77.9 cm³/mol. The summed E-state index contributed by atoms with van der Waals surface area (Å²) in [6, 6.07) is 3.10. The quantitative estimate of drug-likeness (QED) is 0.821. The van der Waals surface area contributed by atoms with Gasteiger partial charge in [0.15, 0.2) is 0 Å². The highest BCUT2D eigenvalue weighted by molar-refractivity contribution is 8.00. The Kier molecular flexibility index (Phi) is 6.31. The highest BCUT2D eigenvalue weighted by Gasteiger charge is 2.32. The maximum Gasteiger partial charge on any atom is 0.276 e. The molecule has 1 aromatic heterocycles. The zero-order chi connectivity index (χ0) is 14.5. The number of thioether (sulfide) groups is 1. The normalized spacial score (nSPS) is 13.2. The lowest BCUT2D eigenvalue weighted by Crippen LogP contribution is -2.41. The Balaban J connectivity index is 3.06. The third kappa shape index (κ3) is 3.95. The van der Waals surface area contributed by atoms with Crippen LogP contribution in [0.2, 0.25) is 0 Å². The van der Waals surface area contributed by atoms with E-state index in [0.29, 0.717) is 0 Å². The van der Waals surface area contributed by atoms with Gasteiger partial charge in [0.1, 0.15) is 4.21 Å². The third-order valence-corrected chi connectivity index (χ3v) is 6.58. The van der Waals surface area contributed by atoms with E-state index in [1.165, 1.54) is 17.8 Å². The molecule has 0 spiro atoms. The molecule has 0 aliphatic rings. The van der Waals surface area contributed by atoms with E-state index in [4.69, 9.17) is 5.11 Å². The first kappa shape index (κ1) is 16.5. The van der Waals surface area contributed by atoms with Crippen LogP contribution in [-0.2, 0) is 14.8 Å². The Labute approximate surface area is 121 Å². The van der Waals surface area contributed by atoms with E-state index in [-0.39, 0.29) is 23.8 Å². The molecule has 1 aromatic rings. The van der Waals surface area contributed by atoms with E-state index in [9.17, 15) is 13.2 Å². The van der Waals surface area contributed by atoms with E-state index in [1.807, 2.05) is 0 Å². The number of amides is 1. The topological polar surface area (TPSA) is 74.7 Å². The van der Waals surface area contributed by atoms with Crippen LogP contribution in [0.15, 0.2) is 21.7 Å². The molecule has 1 amide bonds. The molecule has 0 aromatic carbocycles. The van der Waals surface area contributed by atoms with Gasteiger partial charge in [-0.2, -0.15) is 11.8 Å². The molecule has 1 N–H and O–H groups in total. The van der Waals surface area contributed by atoms with Crippen LogP contribution in [0.25, 0.3) is 0 Å². The summed E-state index contributed by atoms with van der Waals surface area (Å²) < 4.78 is 25.8. The van der Waals surface area contributed by atoms with Crippen molar-refractivity contribution in [2.45, 2.75) is 22.8 Å². The van der Waals surface area contributed by atoms with Crippen LogP contribution >= 0.6 is 23.1 Å². The Morgan fingerprint density at radius 1 is 1.58 bits per heavy atom. The first-order valence-electron chi connectivity index (χ1n) is 5.69. The molecule has 0 fully saturated rings. The maximum atomic E-state index is 12.4. The molecular weight excluding hydrogens is 306 g/mol. The van der Waals surface area contributed by atoms with Gasteiger partial charge in [-0.05, 0) is 31.0 Å². The third-order valence-electron chi connectivity index (χ3n) is 2.51. The van der Waals surface area contributed by atoms with E-state index in [0.717, 1.165) is 15.6 Å². The Bertz CT molecular complexity index is 498. The fraction of sp³-hybridized carbons (Fsp3) is 0.545. The van der Waals surface area contributed by atoms with Crippen LogP contribution in [0.1, 0.15) is 13.3 Å². The van der Waals surface area contributed by atoms with Crippen LogP contribution in [-0.4, -0.2) is 48.4 Å². The minimum atomic E-state index is -3.81. The lowest BCUT2D eigenvalue weighted by molar-refractivity contribution is -0.125. The Morgan fingerprint density at radius 2 is 2.26 bits per heavy atom. The molecule has 1 atom stereocenters. The number of nitrogens with zero attached hydrogens (tertiary/aromatic N) is 1. The van der Waals surface area contributed by atoms with E-state index < -0.39 is 21.2 Å². The fourth-order valence-electron chi connectivity index (χ4n) is 1.39. The zero-order valence-electron chi connectivity index (χ0n) is 10.8. The zero-order valence-corrected chi connectivity index (χ0v) is 13.2. The number of hydrogen-bond acceptors (Lipinski definition) is 6. The molecule has 5 nitrogen and oxygen atoms in total. The van der Waals surface area contributed by atoms with Crippen molar-refractivity contribution in [2.75, 3.05) is 19.4 Å². The molecule has 1 heterocycles. The summed E-state index contributed by atoms with van der Waals surface area (Å²) in [4.78, 5) is 12.2. The fourth-order valence-corrected chi connectivity index (χ4v) is 4.38. The second-order valence-electron chi connectivity index (χ2n) is 3.80. The summed E-state index contributed by atoms with van der Waals surface area (Å²) in [7, 11) is -3.81. The van der Waals surface area contributed by atoms with Crippen molar-refractivity contribution in [3.8, 4) is 0 Å². The highest BCUT2D eigenvalue weighted by Crippen LogP contribution is 2.23. The van der Waals surface area contributed by atoms with Crippen molar-refractivity contribution in [3.05, 3.63) is 17.5 Å². The monoisotopic (exact) mass is 323 g/mol. The van der Waals surface area contributed by atoms with Gasteiger partial charge < -0.3 is 5.11 Å². The molecule has 8 heteroatoms. The molecule has 0 aliphatic heterocycles. The van der Waals surface area contributed by atoms with Gasteiger partial charge in [0.25, 0.3) is 10.0 Å².